The van der Waals surface area contributed by atoms with Crippen LogP contribution >= 0.6 is 0 Å². The van der Waals surface area contributed by atoms with Gasteiger partial charge in [-0.1, -0.05) is 170 Å². The van der Waals surface area contributed by atoms with Gasteiger partial charge in [-0.2, -0.15) is 0 Å². The Morgan fingerprint density at radius 1 is 0.268 bits per heavy atom. The SMILES string of the molecule is c1ccc2cc(-c3c4ccccc4c(-c4ccc(-c5ccc(-c6cc7c8ccccc8oc7c7c6oc6ccccc67)cc5)cc4)c4ccccc34)ccc2c1. The molecule has 2 heteroatoms. The van der Waals surface area contributed by atoms with Crippen LogP contribution in [0.4, 0.5) is 0 Å². The normalized spacial score (nSPS) is 11.9. The maximum absolute atomic E-state index is 6.56. The zero-order valence-corrected chi connectivity index (χ0v) is 30.3. The summed E-state index contributed by atoms with van der Waals surface area (Å²) in [6.07, 6.45) is 0. The van der Waals surface area contributed by atoms with Crippen LogP contribution in [0.25, 0.3) is 121 Å². The molecular weight excluding hydrogens is 681 g/mol. The van der Waals surface area contributed by atoms with E-state index < -0.39 is 0 Å². The summed E-state index contributed by atoms with van der Waals surface area (Å²) in [7, 11) is 0. The first-order valence-electron chi connectivity index (χ1n) is 19.2. The Balaban J connectivity index is 0.961. The lowest BCUT2D eigenvalue weighted by Crippen LogP contribution is -1.91. The maximum Gasteiger partial charge on any atom is 0.147 e. The van der Waals surface area contributed by atoms with Crippen LogP contribution in [0.15, 0.2) is 203 Å². The molecule has 0 saturated heterocycles. The number of fused-ring (bicyclic) bond motifs is 10. The van der Waals surface area contributed by atoms with Gasteiger partial charge < -0.3 is 8.83 Å². The largest absolute Gasteiger partial charge is 0.455 e. The minimum Gasteiger partial charge on any atom is -0.455 e. The van der Waals surface area contributed by atoms with E-state index in [0.717, 1.165) is 60.6 Å². The molecule has 0 radical (unpaired) electrons. The van der Waals surface area contributed by atoms with Crippen molar-refractivity contribution in [2.45, 2.75) is 0 Å². The molecule has 0 aliphatic carbocycles. The standard InChI is InChI=1S/C54H32O2/c1-2-12-38-31-39(30-25-33(38)11-1)51-43-16-5-3-14-41(43)50(42-15-4-6-17-44(42)51)37-28-23-35(24-29-37)34-21-26-36(27-22-34)46-32-47-40-13-7-9-19-48(40)55-54(47)52-45-18-8-10-20-49(45)56-53(46)52/h1-32H. The van der Waals surface area contributed by atoms with E-state index in [2.05, 4.69) is 170 Å². The third-order valence-electron chi connectivity index (χ3n) is 11.7. The van der Waals surface area contributed by atoms with Gasteiger partial charge >= 0.3 is 0 Å². The third kappa shape index (κ3) is 4.63. The van der Waals surface area contributed by atoms with Gasteiger partial charge in [0.1, 0.15) is 22.3 Å². The number of rotatable bonds is 4. The van der Waals surface area contributed by atoms with Gasteiger partial charge in [0.15, 0.2) is 0 Å². The number of para-hydroxylation sites is 2. The van der Waals surface area contributed by atoms with Gasteiger partial charge in [0.25, 0.3) is 0 Å². The van der Waals surface area contributed by atoms with Crippen molar-refractivity contribution in [3.05, 3.63) is 194 Å². The molecule has 0 aliphatic heterocycles. The van der Waals surface area contributed by atoms with E-state index in [0.29, 0.717) is 0 Å². The van der Waals surface area contributed by atoms with E-state index in [1.807, 2.05) is 24.3 Å². The molecule has 12 rings (SSSR count). The average Bonchev–Trinajstić information content (AvgIpc) is 3.84. The summed E-state index contributed by atoms with van der Waals surface area (Å²) in [6, 6.07) is 69.9. The molecule has 0 bridgehead atoms. The summed E-state index contributed by atoms with van der Waals surface area (Å²) in [6.45, 7) is 0. The van der Waals surface area contributed by atoms with E-state index in [1.165, 1.54) is 60.1 Å². The molecule has 10 aromatic carbocycles. The Kier molecular flexibility index (Phi) is 6.66. The van der Waals surface area contributed by atoms with Gasteiger partial charge in [0, 0.05) is 21.7 Å². The predicted octanol–water partition coefficient (Wildman–Crippen LogP) is 15.6. The Labute approximate surface area is 322 Å². The molecule has 260 valence electrons. The average molecular weight is 713 g/mol. The van der Waals surface area contributed by atoms with Crippen LogP contribution in [0.3, 0.4) is 0 Å². The molecule has 0 spiro atoms. The third-order valence-corrected chi connectivity index (χ3v) is 11.7. The van der Waals surface area contributed by atoms with Crippen molar-refractivity contribution in [2.75, 3.05) is 0 Å². The van der Waals surface area contributed by atoms with Gasteiger partial charge in [-0.05, 0) is 95.5 Å². The number of furan rings is 2. The van der Waals surface area contributed by atoms with Crippen molar-refractivity contribution >= 4 is 76.2 Å². The topological polar surface area (TPSA) is 26.3 Å². The zero-order chi connectivity index (χ0) is 36.7. The lowest BCUT2D eigenvalue weighted by atomic mass is 9.85. The van der Waals surface area contributed by atoms with E-state index >= 15 is 0 Å². The van der Waals surface area contributed by atoms with Gasteiger partial charge in [-0.3, -0.25) is 0 Å². The van der Waals surface area contributed by atoms with Crippen LogP contribution < -0.4 is 0 Å². The van der Waals surface area contributed by atoms with Crippen molar-refractivity contribution in [3.63, 3.8) is 0 Å². The van der Waals surface area contributed by atoms with Gasteiger partial charge in [-0.25, -0.2) is 0 Å². The van der Waals surface area contributed by atoms with Crippen molar-refractivity contribution in [2.24, 2.45) is 0 Å². The Morgan fingerprint density at radius 2 is 0.714 bits per heavy atom. The summed E-state index contributed by atoms with van der Waals surface area (Å²) in [4.78, 5) is 0. The summed E-state index contributed by atoms with van der Waals surface area (Å²) >= 11 is 0. The Morgan fingerprint density at radius 3 is 1.36 bits per heavy atom. The molecule has 0 amide bonds. The van der Waals surface area contributed by atoms with E-state index in [4.69, 9.17) is 8.83 Å². The predicted molar refractivity (Wildman–Crippen MR) is 235 cm³/mol. The van der Waals surface area contributed by atoms with E-state index in [9.17, 15) is 0 Å². The van der Waals surface area contributed by atoms with Gasteiger partial charge in [0.2, 0.25) is 0 Å². The van der Waals surface area contributed by atoms with Crippen molar-refractivity contribution in [1.82, 2.24) is 0 Å². The van der Waals surface area contributed by atoms with Gasteiger partial charge in [-0.15, -0.1) is 0 Å². The highest BCUT2D eigenvalue weighted by atomic mass is 16.3. The summed E-state index contributed by atoms with van der Waals surface area (Å²) in [5.41, 5.74) is 12.9. The minimum atomic E-state index is 0.848. The quantitative estimate of drug-likeness (QED) is 0.170. The zero-order valence-electron chi connectivity index (χ0n) is 30.3. The van der Waals surface area contributed by atoms with Crippen molar-refractivity contribution in [3.8, 4) is 44.5 Å². The maximum atomic E-state index is 6.56. The Hall–Kier alpha value is -7.42. The second-order valence-corrected chi connectivity index (χ2v) is 14.8. The lowest BCUT2D eigenvalue weighted by molar-refractivity contribution is 0.663. The monoisotopic (exact) mass is 712 g/mol. The molecule has 0 fully saturated rings. The highest BCUT2D eigenvalue weighted by molar-refractivity contribution is 6.25. The van der Waals surface area contributed by atoms with Crippen LogP contribution in [-0.2, 0) is 0 Å². The fraction of sp³-hybridized carbons (Fsp3) is 0. The number of hydrogen-bond donors (Lipinski definition) is 0. The molecule has 2 aromatic heterocycles. The first kappa shape index (κ1) is 31.0. The van der Waals surface area contributed by atoms with Crippen LogP contribution in [0, 0.1) is 0 Å². The number of benzene rings is 10. The van der Waals surface area contributed by atoms with Crippen LogP contribution in [0.2, 0.25) is 0 Å². The molecule has 0 N–H and O–H groups in total. The molecular formula is C54H32O2. The van der Waals surface area contributed by atoms with E-state index in [1.54, 1.807) is 0 Å². The smallest absolute Gasteiger partial charge is 0.147 e. The van der Waals surface area contributed by atoms with Crippen LogP contribution in [-0.4, -0.2) is 0 Å². The molecule has 2 heterocycles. The van der Waals surface area contributed by atoms with Crippen LogP contribution in [0.5, 0.6) is 0 Å². The van der Waals surface area contributed by atoms with E-state index in [-0.39, 0.29) is 0 Å². The molecule has 0 aliphatic rings. The highest BCUT2D eigenvalue weighted by Gasteiger charge is 2.21. The summed E-state index contributed by atoms with van der Waals surface area (Å²) in [5.74, 6) is 0. The molecule has 12 aromatic rings. The first-order valence-corrected chi connectivity index (χ1v) is 19.2. The molecule has 0 saturated carbocycles. The second-order valence-electron chi connectivity index (χ2n) is 14.8. The fourth-order valence-corrected chi connectivity index (χ4v) is 9.05. The van der Waals surface area contributed by atoms with Crippen molar-refractivity contribution in [1.29, 1.82) is 0 Å². The highest BCUT2D eigenvalue weighted by Crippen LogP contribution is 2.46. The molecule has 0 unspecified atom stereocenters. The van der Waals surface area contributed by atoms with Crippen molar-refractivity contribution < 1.29 is 8.83 Å². The Bertz CT molecular complexity index is 3450. The molecule has 2 nitrogen and oxygen atoms in total. The minimum absolute atomic E-state index is 0.848. The van der Waals surface area contributed by atoms with Crippen LogP contribution in [0.1, 0.15) is 0 Å². The molecule has 0 atom stereocenters. The lowest BCUT2D eigenvalue weighted by Gasteiger charge is -2.18. The fourth-order valence-electron chi connectivity index (χ4n) is 9.05. The van der Waals surface area contributed by atoms with Gasteiger partial charge in [0.05, 0.1) is 5.39 Å². The summed E-state index contributed by atoms with van der Waals surface area (Å²) < 4.78 is 13.0. The molecule has 56 heavy (non-hydrogen) atoms. The second kappa shape index (κ2) is 12.0. The first-order chi connectivity index (χ1) is 27.8. The summed E-state index contributed by atoms with van der Waals surface area (Å²) in [5, 5.41) is 11.8. The number of hydrogen-bond acceptors (Lipinski definition) is 2.